The maximum atomic E-state index is 12.4. The first kappa shape index (κ1) is 12.8. The highest BCUT2D eigenvalue weighted by molar-refractivity contribution is 7.15. The summed E-state index contributed by atoms with van der Waals surface area (Å²) < 4.78 is 1.98. The van der Waals surface area contributed by atoms with Crippen molar-refractivity contribution in [3.8, 4) is 11.4 Å². The average molecular weight is 306 g/mol. The van der Waals surface area contributed by atoms with E-state index in [4.69, 9.17) is 0 Å². The number of aromatic nitrogens is 4. The number of rotatable bonds is 2. The molecule has 22 heavy (non-hydrogen) atoms. The van der Waals surface area contributed by atoms with E-state index in [1.54, 1.807) is 12.4 Å². The minimum Gasteiger partial charge on any atom is -0.266 e. The Morgan fingerprint density at radius 3 is 2.55 bits per heavy atom. The van der Waals surface area contributed by atoms with Crippen molar-refractivity contribution < 1.29 is 0 Å². The van der Waals surface area contributed by atoms with Crippen molar-refractivity contribution in [2.24, 2.45) is 0 Å². The molecule has 3 aromatic heterocycles. The van der Waals surface area contributed by atoms with Crippen LogP contribution in [0.15, 0.2) is 59.7 Å². The lowest BCUT2D eigenvalue weighted by Gasteiger charge is -1.91. The van der Waals surface area contributed by atoms with Crippen LogP contribution in [0.25, 0.3) is 22.4 Å². The SMILES string of the molecule is O=c1/c(=C/c2ccccc2)sc2nc(-c3ccncc3)nn12. The molecule has 0 unspecified atom stereocenters. The zero-order chi connectivity index (χ0) is 14.9. The molecule has 6 heteroatoms. The lowest BCUT2D eigenvalue weighted by molar-refractivity contribution is 0.936. The summed E-state index contributed by atoms with van der Waals surface area (Å²) in [7, 11) is 0. The highest BCUT2D eigenvalue weighted by Crippen LogP contribution is 2.14. The molecule has 5 nitrogen and oxygen atoms in total. The molecule has 0 N–H and O–H groups in total. The van der Waals surface area contributed by atoms with Gasteiger partial charge in [0.15, 0.2) is 5.82 Å². The molecule has 3 heterocycles. The van der Waals surface area contributed by atoms with Crippen molar-refractivity contribution in [2.75, 3.05) is 0 Å². The molecule has 0 aliphatic rings. The van der Waals surface area contributed by atoms with E-state index in [0.717, 1.165) is 11.1 Å². The fourth-order valence-corrected chi connectivity index (χ4v) is 3.07. The average Bonchev–Trinajstić information content (AvgIpc) is 3.10. The van der Waals surface area contributed by atoms with E-state index in [9.17, 15) is 4.79 Å². The summed E-state index contributed by atoms with van der Waals surface area (Å²) in [5, 5.41) is 4.30. The second-order valence-corrected chi connectivity index (χ2v) is 5.70. The standard InChI is InChI=1S/C16H10N4OS/c21-15-13(10-11-4-2-1-3-5-11)22-16-18-14(19-20(15)16)12-6-8-17-9-7-12/h1-10H/b13-10-. The first-order chi connectivity index (χ1) is 10.8. The van der Waals surface area contributed by atoms with Crippen LogP contribution in [-0.4, -0.2) is 19.6 Å². The summed E-state index contributed by atoms with van der Waals surface area (Å²) in [6.07, 6.45) is 5.21. The largest absolute Gasteiger partial charge is 0.291 e. The molecule has 0 atom stereocenters. The smallest absolute Gasteiger partial charge is 0.266 e. The minimum absolute atomic E-state index is 0.142. The lowest BCUT2D eigenvalue weighted by Crippen LogP contribution is -2.23. The van der Waals surface area contributed by atoms with E-state index in [-0.39, 0.29) is 5.56 Å². The van der Waals surface area contributed by atoms with E-state index in [1.807, 2.05) is 48.5 Å². The van der Waals surface area contributed by atoms with Gasteiger partial charge < -0.3 is 0 Å². The molecule has 0 aliphatic heterocycles. The first-order valence-electron chi connectivity index (χ1n) is 6.68. The number of nitrogens with zero attached hydrogens (tertiary/aromatic N) is 4. The molecule has 0 spiro atoms. The van der Waals surface area contributed by atoms with Crippen molar-refractivity contribution >= 4 is 22.4 Å². The summed E-state index contributed by atoms with van der Waals surface area (Å²) in [6.45, 7) is 0. The van der Waals surface area contributed by atoms with Crippen molar-refractivity contribution in [2.45, 2.75) is 0 Å². The molecule has 4 aromatic rings. The number of fused-ring (bicyclic) bond motifs is 1. The normalized spacial score (nSPS) is 12.1. The van der Waals surface area contributed by atoms with Crippen molar-refractivity contribution in [3.05, 3.63) is 75.3 Å². The Hall–Kier alpha value is -2.86. The van der Waals surface area contributed by atoms with Gasteiger partial charge in [-0.05, 0) is 23.8 Å². The highest BCUT2D eigenvalue weighted by atomic mass is 32.1. The van der Waals surface area contributed by atoms with Crippen LogP contribution in [-0.2, 0) is 0 Å². The van der Waals surface area contributed by atoms with Gasteiger partial charge in [0.25, 0.3) is 5.56 Å². The zero-order valence-corrected chi connectivity index (χ0v) is 12.2. The van der Waals surface area contributed by atoms with Gasteiger partial charge in [0, 0.05) is 18.0 Å². The third-order valence-corrected chi connectivity index (χ3v) is 4.18. The molecule has 0 fully saturated rings. The van der Waals surface area contributed by atoms with Crippen LogP contribution in [0, 0.1) is 0 Å². The van der Waals surface area contributed by atoms with Crippen molar-refractivity contribution in [3.63, 3.8) is 0 Å². The predicted octanol–water partition coefficient (Wildman–Crippen LogP) is 1.76. The number of thiazole rings is 1. The number of benzene rings is 1. The summed E-state index contributed by atoms with van der Waals surface area (Å²) >= 11 is 1.34. The van der Waals surface area contributed by atoms with Crippen LogP contribution in [0.2, 0.25) is 0 Å². The molecule has 0 amide bonds. The van der Waals surface area contributed by atoms with Gasteiger partial charge in [0.1, 0.15) is 0 Å². The molecule has 0 radical (unpaired) electrons. The fourth-order valence-electron chi connectivity index (χ4n) is 2.16. The molecule has 0 saturated heterocycles. The van der Waals surface area contributed by atoms with Gasteiger partial charge in [-0.2, -0.15) is 9.50 Å². The van der Waals surface area contributed by atoms with E-state index in [2.05, 4.69) is 15.1 Å². The molecule has 0 saturated carbocycles. The van der Waals surface area contributed by atoms with E-state index >= 15 is 0 Å². The molecular weight excluding hydrogens is 296 g/mol. The van der Waals surface area contributed by atoms with Crippen LogP contribution in [0.1, 0.15) is 5.56 Å². The summed E-state index contributed by atoms with van der Waals surface area (Å²) in [5.41, 5.74) is 1.69. The first-order valence-corrected chi connectivity index (χ1v) is 7.50. The van der Waals surface area contributed by atoms with Crippen LogP contribution >= 0.6 is 11.3 Å². The van der Waals surface area contributed by atoms with Gasteiger partial charge in [-0.15, -0.1) is 5.10 Å². The topological polar surface area (TPSA) is 60.2 Å². The van der Waals surface area contributed by atoms with E-state index in [1.165, 1.54) is 15.9 Å². The maximum Gasteiger partial charge on any atom is 0.291 e. The molecule has 1 aromatic carbocycles. The molecule has 0 aliphatic carbocycles. The van der Waals surface area contributed by atoms with Crippen LogP contribution in [0.3, 0.4) is 0 Å². The molecule has 4 rings (SSSR count). The Labute approximate surface area is 129 Å². The Bertz CT molecular complexity index is 1040. The van der Waals surface area contributed by atoms with Crippen LogP contribution in [0.4, 0.5) is 0 Å². The molecule has 106 valence electrons. The monoisotopic (exact) mass is 306 g/mol. The molecular formula is C16H10N4OS. The predicted molar refractivity (Wildman–Crippen MR) is 85.6 cm³/mol. The van der Waals surface area contributed by atoms with Gasteiger partial charge in [-0.1, -0.05) is 41.7 Å². The van der Waals surface area contributed by atoms with Gasteiger partial charge in [0.2, 0.25) is 4.96 Å². The van der Waals surface area contributed by atoms with Crippen LogP contribution in [0.5, 0.6) is 0 Å². The highest BCUT2D eigenvalue weighted by Gasteiger charge is 2.11. The number of hydrogen-bond donors (Lipinski definition) is 0. The minimum atomic E-state index is -0.142. The Kier molecular flexibility index (Phi) is 3.01. The third kappa shape index (κ3) is 2.19. The summed E-state index contributed by atoms with van der Waals surface area (Å²) in [5.74, 6) is 0.539. The van der Waals surface area contributed by atoms with Crippen molar-refractivity contribution in [1.29, 1.82) is 0 Å². The Morgan fingerprint density at radius 2 is 1.82 bits per heavy atom. The Balaban J connectivity index is 1.85. The summed E-state index contributed by atoms with van der Waals surface area (Å²) in [6, 6.07) is 13.4. The second-order valence-electron chi connectivity index (χ2n) is 4.69. The van der Waals surface area contributed by atoms with Crippen molar-refractivity contribution in [1.82, 2.24) is 19.6 Å². The number of hydrogen-bond acceptors (Lipinski definition) is 5. The zero-order valence-electron chi connectivity index (χ0n) is 11.4. The van der Waals surface area contributed by atoms with E-state index < -0.39 is 0 Å². The van der Waals surface area contributed by atoms with Crippen LogP contribution < -0.4 is 10.1 Å². The number of pyridine rings is 1. The van der Waals surface area contributed by atoms with Gasteiger partial charge in [-0.3, -0.25) is 9.78 Å². The Morgan fingerprint density at radius 1 is 1.05 bits per heavy atom. The maximum absolute atomic E-state index is 12.4. The summed E-state index contributed by atoms with van der Waals surface area (Å²) in [4.78, 5) is 21.4. The quantitative estimate of drug-likeness (QED) is 0.566. The fraction of sp³-hybridized carbons (Fsp3) is 0. The van der Waals surface area contributed by atoms with E-state index in [0.29, 0.717) is 15.3 Å². The lowest BCUT2D eigenvalue weighted by atomic mass is 10.2. The van der Waals surface area contributed by atoms with Gasteiger partial charge >= 0.3 is 0 Å². The van der Waals surface area contributed by atoms with Gasteiger partial charge in [-0.25, -0.2) is 0 Å². The second kappa shape index (κ2) is 5.16. The third-order valence-electron chi connectivity index (χ3n) is 3.22. The molecule has 0 bridgehead atoms. The van der Waals surface area contributed by atoms with Gasteiger partial charge in [0.05, 0.1) is 4.53 Å².